The highest BCUT2D eigenvalue weighted by Gasteiger charge is 2.35. The molecule has 1 aliphatic rings. The quantitative estimate of drug-likeness (QED) is 0.836. The monoisotopic (exact) mass is 317 g/mol. The van der Waals surface area contributed by atoms with Crippen LogP contribution in [0, 0.1) is 0 Å². The largest absolute Gasteiger partial charge is 0.497 e. The highest BCUT2D eigenvalue weighted by atomic mass is 79.9. The van der Waals surface area contributed by atoms with Gasteiger partial charge in [0, 0.05) is 22.4 Å². The molecular weight excluding hydrogens is 302 g/mol. The molecule has 1 aliphatic carbocycles. The number of methoxy groups -OCH3 is 1. The molecule has 1 saturated carbocycles. The number of halogens is 2. The third-order valence-electron chi connectivity index (χ3n) is 3.47. The Balaban J connectivity index is 2.02. The van der Waals surface area contributed by atoms with Gasteiger partial charge in [-0.25, -0.2) is 0 Å². The summed E-state index contributed by atoms with van der Waals surface area (Å²) >= 11 is 9.59. The van der Waals surface area contributed by atoms with E-state index in [1.54, 1.807) is 7.11 Å². The third kappa shape index (κ3) is 2.95. The van der Waals surface area contributed by atoms with E-state index in [0.717, 1.165) is 16.8 Å². The van der Waals surface area contributed by atoms with E-state index in [-0.39, 0.29) is 5.54 Å². The summed E-state index contributed by atoms with van der Waals surface area (Å²) in [6, 6.07) is 6.02. The topological polar surface area (TPSA) is 21.3 Å². The van der Waals surface area contributed by atoms with Gasteiger partial charge in [0.05, 0.1) is 7.11 Å². The Morgan fingerprint density at radius 1 is 1.47 bits per heavy atom. The molecule has 1 aromatic rings. The molecule has 1 fully saturated rings. The SMILES string of the molecule is COc1ccc(Br)c(CNC2(CCl)CCC2)c1. The van der Waals surface area contributed by atoms with Crippen LogP contribution in [0.4, 0.5) is 0 Å². The van der Waals surface area contributed by atoms with Crippen molar-refractivity contribution in [3.05, 3.63) is 28.2 Å². The Bertz CT molecular complexity index is 387. The smallest absolute Gasteiger partial charge is 0.119 e. The summed E-state index contributed by atoms with van der Waals surface area (Å²) in [5, 5.41) is 3.57. The van der Waals surface area contributed by atoms with E-state index < -0.39 is 0 Å². The fourth-order valence-electron chi connectivity index (χ4n) is 2.06. The molecule has 2 rings (SSSR count). The average molecular weight is 319 g/mol. The molecule has 94 valence electrons. The van der Waals surface area contributed by atoms with Crippen LogP contribution < -0.4 is 10.1 Å². The summed E-state index contributed by atoms with van der Waals surface area (Å²) in [6.07, 6.45) is 3.63. The maximum atomic E-state index is 6.03. The lowest BCUT2D eigenvalue weighted by atomic mass is 9.78. The molecule has 17 heavy (non-hydrogen) atoms. The fourth-order valence-corrected chi connectivity index (χ4v) is 2.81. The van der Waals surface area contributed by atoms with Gasteiger partial charge in [-0.05, 0) is 43.0 Å². The Kier molecular flexibility index (Phi) is 4.34. The standard InChI is InChI=1S/C13H17BrClNO/c1-17-11-3-4-12(14)10(7-11)8-16-13(9-15)5-2-6-13/h3-4,7,16H,2,5-6,8-9H2,1H3. The molecule has 1 N–H and O–H groups in total. The molecule has 0 bridgehead atoms. The van der Waals surface area contributed by atoms with Gasteiger partial charge < -0.3 is 10.1 Å². The van der Waals surface area contributed by atoms with Crippen LogP contribution in [0.2, 0.25) is 0 Å². The van der Waals surface area contributed by atoms with Crippen molar-refractivity contribution in [2.45, 2.75) is 31.3 Å². The van der Waals surface area contributed by atoms with E-state index in [1.807, 2.05) is 12.1 Å². The number of rotatable bonds is 5. The van der Waals surface area contributed by atoms with Gasteiger partial charge in [-0.15, -0.1) is 11.6 Å². The zero-order chi connectivity index (χ0) is 12.3. The van der Waals surface area contributed by atoms with Crippen molar-refractivity contribution in [3.8, 4) is 5.75 Å². The van der Waals surface area contributed by atoms with Gasteiger partial charge in [0.1, 0.15) is 5.75 Å². The van der Waals surface area contributed by atoms with Crippen molar-refractivity contribution < 1.29 is 4.74 Å². The number of hydrogen-bond acceptors (Lipinski definition) is 2. The molecule has 0 radical (unpaired) electrons. The van der Waals surface area contributed by atoms with E-state index in [2.05, 4.69) is 27.3 Å². The third-order valence-corrected chi connectivity index (χ3v) is 4.76. The van der Waals surface area contributed by atoms with Gasteiger partial charge in [0.2, 0.25) is 0 Å². The van der Waals surface area contributed by atoms with Crippen molar-refractivity contribution in [3.63, 3.8) is 0 Å². The zero-order valence-electron chi connectivity index (χ0n) is 9.93. The molecule has 0 aliphatic heterocycles. The molecule has 0 spiro atoms. The minimum Gasteiger partial charge on any atom is -0.497 e. The second-order valence-corrected chi connectivity index (χ2v) is 5.70. The van der Waals surface area contributed by atoms with Crippen LogP contribution in [0.5, 0.6) is 5.75 Å². The minimum absolute atomic E-state index is 0.157. The first-order chi connectivity index (χ1) is 8.19. The number of ether oxygens (including phenoxy) is 1. The average Bonchev–Trinajstić information content (AvgIpc) is 2.30. The molecule has 0 aromatic heterocycles. The predicted molar refractivity (Wildman–Crippen MR) is 74.8 cm³/mol. The first kappa shape index (κ1) is 13.2. The molecule has 0 atom stereocenters. The summed E-state index contributed by atoms with van der Waals surface area (Å²) in [6.45, 7) is 0.824. The second kappa shape index (κ2) is 5.59. The zero-order valence-corrected chi connectivity index (χ0v) is 12.3. The molecule has 1 aromatic carbocycles. The fraction of sp³-hybridized carbons (Fsp3) is 0.538. The van der Waals surface area contributed by atoms with Crippen LogP contribution in [0.3, 0.4) is 0 Å². The second-order valence-electron chi connectivity index (χ2n) is 4.58. The maximum absolute atomic E-state index is 6.03. The Labute approximate surface area is 116 Å². The number of benzene rings is 1. The number of hydrogen-bond donors (Lipinski definition) is 1. The molecule has 0 amide bonds. The van der Waals surface area contributed by atoms with Gasteiger partial charge in [0.25, 0.3) is 0 Å². The summed E-state index contributed by atoms with van der Waals surface area (Å²) in [5.41, 5.74) is 1.37. The summed E-state index contributed by atoms with van der Waals surface area (Å²) in [4.78, 5) is 0. The van der Waals surface area contributed by atoms with E-state index in [0.29, 0.717) is 5.88 Å². The minimum atomic E-state index is 0.157. The first-order valence-corrected chi connectivity index (χ1v) is 7.15. The highest BCUT2D eigenvalue weighted by Crippen LogP contribution is 2.33. The van der Waals surface area contributed by atoms with Crippen molar-refractivity contribution in [1.82, 2.24) is 5.32 Å². The van der Waals surface area contributed by atoms with Gasteiger partial charge in [-0.3, -0.25) is 0 Å². The summed E-state index contributed by atoms with van der Waals surface area (Å²) in [5.74, 6) is 1.58. The van der Waals surface area contributed by atoms with Gasteiger partial charge in [-0.2, -0.15) is 0 Å². The van der Waals surface area contributed by atoms with E-state index in [9.17, 15) is 0 Å². The van der Waals surface area contributed by atoms with Gasteiger partial charge in [-0.1, -0.05) is 15.9 Å². The normalized spacial score (nSPS) is 17.6. The van der Waals surface area contributed by atoms with E-state index >= 15 is 0 Å². The van der Waals surface area contributed by atoms with Crippen LogP contribution in [-0.2, 0) is 6.54 Å². The maximum Gasteiger partial charge on any atom is 0.119 e. The first-order valence-electron chi connectivity index (χ1n) is 5.82. The van der Waals surface area contributed by atoms with Gasteiger partial charge >= 0.3 is 0 Å². The lowest BCUT2D eigenvalue weighted by Crippen LogP contribution is -2.52. The van der Waals surface area contributed by atoms with E-state index in [1.165, 1.54) is 24.8 Å². The van der Waals surface area contributed by atoms with Crippen molar-refractivity contribution in [2.75, 3.05) is 13.0 Å². The Hall–Kier alpha value is -0.250. The number of alkyl halides is 1. The summed E-state index contributed by atoms with van der Waals surface area (Å²) < 4.78 is 6.34. The Morgan fingerprint density at radius 2 is 2.24 bits per heavy atom. The molecule has 2 nitrogen and oxygen atoms in total. The van der Waals surface area contributed by atoms with E-state index in [4.69, 9.17) is 16.3 Å². The molecule has 4 heteroatoms. The number of nitrogens with one attached hydrogen (secondary N) is 1. The van der Waals surface area contributed by atoms with Crippen molar-refractivity contribution in [2.24, 2.45) is 0 Å². The lowest BCUT2D eigenvalue weighted by Gasteiger charge is -2.41. The molecule has 0 unspecified atom stereocenters. The van der Waals surface area contributed by atoms with Crippen LogP contribution in [-0.4, -0.2) is 18.5 Å². The predicted octanol–water partition coefficient (Wildman–Crippen LogP) is 3.71. The van der Waals surface area contributed by atoms with Crippen LogP contribution in [0.1, 0.15) is 24.8 Å². The highest BCUT2D eigenvalue weighted by molar-refractivity contribution is 9.10. The van der Waals surface area contributed by atoms with Crippen LogP contribution >= 0.6 is 27.5 Å². The molecular formula is C13H17BrClNO. The van der Waals surface area contributed by atoms with Crippen LogP contribution in [0.25, 0.3) is 0 Å². The van der Waals surface area contributed by atoms with Crippen molar-refractivity contribution in [1.29, 1.82) is 0 Å². The Morgan fingerprint density at radius 3 is 2.76 bits per heavy atom. The van der Waals surface area contributed by atoms with Crippen LogP contribution in [0.15, 0.2) is 22.7 Å². The van der Waals surface area contributed by atoms with Gasteiger partial charge in [0.15, 0.2) is 0 Å². The molecule has 0 saturated heterocycles. The molecule has 0 heterocycles. The van der Waals surface area contributed by atoms with Crippen molar-refractivity contribution >= 4 is 27.5 Å². The summed E-state index contributed by atoms with van der Waals surface area (Å²) in [7, 11) is 1.69. The lowest BCUT2D eigenvalue weighted by molar-refractivity contribution is 0.211.